The van der Waals surface area contributed by atoms with E-state index in [1.807, 2.05) is 37.3 Å². The van der Waals surface area contributed by atoms with Crippen molar-refractivity contribution in [1.82, 2.24) is 5.32 Å². The van der Waals surface area contributed by atoms with Gasteiger partial charge in [-0.1, -0.05) is 35.9 Å². The molecule has 0 bridgehead atoms. The summed E-state index contributed by atoms with van der Waals surface area (Å²) in [4.78, 5) is 14.0. The lowest BCUT2D eigenvalue weighted by atomic mass is 10.0. The number of amides is 1. The number of likely N-dealkylation sites (tertiary alicyclic amines) is 1. The zero-order valence-electron chi connectivity index (χ0n) is 17.0. The van der Waals surface area contributed by atoms with Gasteiger partial charge in [0.2, 0.25) is 5.91 Å². The van der Waals surface area contributed by atoms with Crippen molar-refractivity contribution in [1.29, 1.82) is 0 Å². The third-order valence-electron chi connectivity index (χ3n) is 5.37. The molecule has 0 unspecified atom stereocenters. The highest BCUT2D eigenvalue weighted by Crippen LogP contribution is 2.20. The Hall–Kier alpha value is -2.59. The third-order valence-corrected chi connectivity index (χ3v) is 5.37. The van der Waals surface area contributed by atoms with Gasteiger partial charge in [0.15, 0.2) is 0 Å². The van der Waals surface area contributed by atoms with Crippen molar-refractivity contribution in [2.75, 3.05) is 20.2 Å². The Balaban J connectivity index is 1.59. The fourth-order valence-electron chi connectivity index (χ4n) is 3.79. The molecule has 1 aliphatic rings. The van der Waals surface area contributed by atoms with Crippen LogP contribution >= 0.6 is 0 Å². The minimum Gasteiger partial charge on any atom is -0.496 e. The molecule has 0 aliphatic carbocycles. The second-order valence-electron chi connectivity index (χ2n) is 7.55. The first-order chi connectivity index (χ1) is 13.7. The maximum Gasteiger partial charge on any atom is 0.244 e. The van der Waals surface area contributed by atoms with Crippen LogP contribution in [0, 0.1) is 6.92 Å². The number of piperidine rings is 1. The van der Waals surface area contributed by atoms with Crippen molar-refractivity contribution < 1.29 is 14.4 Å². The molecule has 2 aromatic rings. The van der Waals surface area contributed by atoms with Gasteiger partial charge in [0.1, 0.15) is 12.3 Å². The Bertz CT molecular complexity index is 823. The number of rotatable bonds is 7. The van der Waals surface area contributed by atoms with Crippen LogP contribution in [0.2, 0.25) is 0 Å². The van der Waals surface area contributed by atoms with Gasteiger partial charge in [-0.15, -0.1) is 0 Å². The first-order valence-corrected chi connectivity index (χ1v) is 10.2. The third kappa shape index (κ3) is 5.70. The fraction of sp³-hybridized carbons (Fsp3) is 0.375. The Labute approximate surface area is 168 Å². The molecule has 2 aromatic carbocycles. The smallest absolute Gasteiger partial charge is 0.244 e. The van der Waals surface area contributed by atoms with Crippen LogP contribution in [-0.2, 0) is 17.9 Å². The van der Waals surface area contributed by atoms with E-state index in [4.69, 9.17) is 4.74 Å². The van der Waals surface area contributed by atoms with Gasteiger partial charge in [-0.25, -0.2) is 0 Å². The average molecular weight is 380 g/mol. The van der Waals surface area contributed by atoms with Gasteiger partial charge in [0, 0.05) is 23.7 Å². The number of methoxy groups -OCH3 is 1. The van der Waals surface area contributed by atoms with E-state index in [0.717, 1.165) is 23.4 Å². The molecule has 4 nitrogen and oxygen atoms in total. The lowest BCUT2D eigenvalue weighted by Gasteiger charge is -2.24. The predicted octanol–water partition coefficient (Wildman–Crippen LogP) is 2.90. The SMILES string of the molecule is COc1ccc(C)cc1/C=C/C(=O)NCc1ccccc1C[NH+]1CCCCC1. The van der Waals surface area contributed by atoms with Crippen molar-refractivity contribution in [2.24, 2.45) is 0 Å². The molecule has 1 aliphatic heterocycles. The highest BCUT2D eigenvalue weighted by atomic mass is 16.5. The molecule has 0 spiro atoms. The summed E-state index contributed by atoms with van der Waals surface area (Å²) in [6.07, 6.45) is 7.39. The standard InChI is InChI=1S/C24H30N2O2/c1-19-10-12-23(28-2)20(16-19)11-13-24(27)25-17-21-8-4-5-9-22(21)18-26-14-6-3-7-15-26/h4-5,8-13,16H,3,6-7,14-15,17-18H2,1-2H3,(H,25,27)/p+1/b13-11+. The van der Waals surface area contributed by atoms with Crippen LogP contribution in [0.25, 0.3) is 6.08 Å². The normalized spacial score (nSPS) is 14.9. The van der Waals surface area contributed by atoms with Gasteiger partial charge >= 0.3 is 0 Å². The van der Waals surface area contributed by atoms with Crippen LogP contribution < -0.4 is 15.0 Å². The molecule has 0 radical (unpaired) electrons. The van der Waals surface area contributed by atoms with Gasteiger partial charge in [-0.3, -0.25) is 4.79 Å². The summed E-state index contributed by atoms with van der Waals surface area (Å²) in [6.45, 7) is 6.13. The number of ether oxygens (including phenoxy) is 1. The molecular weight excluding hydrogens is 348 g/mol. The Morgan fingerprint density at radius 1 is 1.11 bits per heavy atom. The van der Waals surface area contributed by atoms with E-state index in [1.54, 1.807) is 18.1 Å². The van der Waals surface area contributed by atoms with Crippen molar-refractivity contribution in [3.8, 4) is 5.75 Å². The van der Waals surface area contributed by atoms with Crippen LogP contribution in [0.15, 0.2) is 48.5 Å². The van der Waals surface area contributed by atoms with Crippen molar-refractivity contribution >= 4 is 12.0 Å². The van der Waals surface area contributed by atoms with E-state index >= 15 is 0 Å². The number of carbonyl (C=O) groups excluding carboxylic acids is 1. The van der Waals surface area contributed by atoms with Crippen LogP contribution in [0.4, 0.5) is 0 Å². The largest absolute Gasteiger partial charge is 0.496 e. The second-order valence-corrected chi connectivity index (χ2v) is 7.55. The first-order valence-electron chi connectivity index (χ1n) is 10.2. The molecule has 0 saturated carbocycles. The summed E-state index contributed by atoms with van der Waals surface area (Å²) >= 11 is 0. The number of aryl methyl sites for hydroxylation is 1. The van der Waals surface area contributed by atoms with Crippen molar-refractivity contribution in [3.63, 3.8) is 0 Å². The van der Waals surface area contributed by atoms with Crippen LogP contribution in [-0.4, -0.2) is 26.1 Å². The summed E-state index contributed by atoms with van der Waals surface area (Å²) < 4.78 is 5.36. The van der Waals surface area contributed by atoms with E-state index in [2.05, 4.69) is 23.5 Å². The molecule has 0 atom stereocenters. The van der Waals surface area contributed by atoms with Crippen LogP contribution in [0.5, 0.6) is 5.75 Å². The van der Waals surface area contributed by atoms with Crippen LogP contribution in [0.1, 0.15) is 41.5 Å². The first kappa shape index (κ1) is 20.2. The zero-order valence-corrected chi connectivity index (χ0v) is 17.0. The Kier molecular flexibility index (Phi) is 7.26. The fourth-order valence-corrected chi connectivity index (χ4v) is 3.79. The van der Waals surface area contributed by atoms with E-state index in [0.29, 0.717) is 6.54 Å². The number of hydrogen-bond acceptors (Lipinski definition) is 2. The lowest BCUT2D eigenvalue weighted by molar-refractivity contribution is -0.918. The Morgan fingerprint density at radius 2 is 1.86 bits per heavy atom. The molecule has 1 amide bonds. The molecule has 28 heavy (non-hydrogen) atoms. The highest BCUT2D eigenvalue weighted by molar-refractivity contribution is 5.92. The van der Waals surface area contributed by atoms with Gasteiger partial charge in [0.05, 0.1) is 20.2 Å². The molecule has 3 rings (SSSR count). The molecule has 1 saturated heterocycles. The van der Waals surface area contributed by atoms with Crippen molar-refractivity contribution in [2.45, 2.75) is 39.3 Å². The number of nitrogens with one attached hydrogen (secondary N) is 2. The van der Waals surface area contributed by atoms with Crippen molar-refractivity contribution in [3.05, 3.63) is 70.8 Å². The monoisotopic (exact) mass is 379 g/mol. The molecular formula is C24H31N2O2+. The summed E-state index contributed by atoms with van der Waals surface area (Å²) in [5.74, 6) is 0.674. The quantitative estimate of drug-likeness (QED) is 0.727. The van der Waals surface area contributed by atoms with Gasteiger partial charge in [-0.05, 0) is 50.0 Å². The summed E-state index contributed by atoms with van der Waals surface area (Å²) in [6, 6.07) is 14.4. The molecule has 148 valence electrons. The maximum atomic E-state index is 12.3. The number of hydrogen-bond donors (Lipinski definition) is 2. The molecule has 4 heteroatoms. The second kappa shape index (κ2) is 10.1. The highest BCUT2D eigenvalue weighted by Gasteiger charge is 2.15. The predicted molar refractivity (Wildman–Crippen MR) is 113 cm³/mol. The molecule has 1 heterocycles. The Morgan fingerprint density at radius 3 is 2.61 bits per heavy atom. The van der Waals surface area contributed by atoms with E-state index < -0.39 is 0 Å². The minimum atomic E-state index is -0.0938. The maximum absolute atomic E-state index is 12.3. The summed E-state index contributed by atoms with van der Waals surface area (Å²) in [7, 11) is 1.64. The topological polar surface area (TPSA) is 42.8 Å². The number of quaternary nitrogens is 1. The summed E-state index contributed by atoms with van der Waals surface area (Å²) in [5, 5.41) is 3.02. The molecule has 2 N–H and O–H groups in total. The minimum absolute atomic E-state index is 0.0938. The van der Waals surface area contributed by atoms with Gasteiger partial charge in [-0.2, -0.15) is 0 Å². The number of benzene rings is 2. The van der Waals surface area contributed by atoms with Crippen LogP contribution in [0.3, 0.4) is 0 Å². The van der Waals surface area contributed by atoms with Gasteiger partial charge in [0.25, 0.3) is 0 Å². The van der Waals surface area contributed by atoms with E-state index in [9.17, 15) is 4.79 Å². The average Bonchev–Trinajstić information content (AvgIpc) is 2.72. The van der Waals surface area contributed by atoms with E-state index in [-0.39, 0.29) is 5.91 Å². The lowest BCUT2D eigenvalue weighted by Crippen LogP contribution is -3.11. The molecule has 0 aromatic heterocycles. The zero-order chi connectivity index (χ0) is 19.8. The summed E-state index contributed by atoms with van der Waals surface area (Å²) in [5.41, 5.74) is 4.58. The molecule has 1 fully saturated rings. The number of carbonyl (C=O) groups is 1. The van der Waals surface area contributed by atoms with Gasteiger partial charge < -0.3 is 15.0 Å². The van der Waals surface area contributed by atoms with E-state index in [1.165, 1.54) is 43.5 Å².